The Labute approximate surface area is 155 Å². The highest BCUT2D eigenvalue weighted by molar-refractivity contribution is 5.96. The number of piperidine rings is 1. The second-order valence-electron chi connectivity index (χ2n) is 6.83. The van der Waals surface area contributed by atoms with Crippen molar-refractivity contribution < 1.29 is 4.39 Å². The predicted molar refractivity (Wildman–Crippen MR) is 105 cm³/mol. The molecule has 1 aliphatic heterocycles. The molecular weight excluding hydrogens is 343 g/mol. The molecule has 5 rings (SSSR count). The van der Waals surface area contributed by atoms with Crippen LogP contribution in [-0.2, 0) is 0 Å². The van der Waals surface area contributed by atoms with Gasteiger partial charge in [-0.3, -0.25) is 5.10 Å². The molecule has 0 aliphatic carbocycles. The number of H-pyrrole nitrogens is 1. The summed E-state index contributed by atoms with van der Waals surface area (Å²) in [6.45, 7) is 1.42. The number of benzene rings is 1. The van der Waals surface area contributed by atoms with Crippen LogP contribution in [0.15, 0.2) is 48.8 Å². The molecule has 4 heterocycles. The first-order valence-electron chi connectivity index (χ1n) is 9.12. The molecule has 136 valence electrons. The lowest BCUT2D eigenvalue weighted by atomic mass is 10.1. The van der Waals surface area contributed by atoms with Crippen LogP contribution in [-0.4, -0.2) is 39.4 Å². The van der Waals surface area contributed by atoms with Crippen LogP contribution < -0.4 is 10.2 Å². The number of anilines is 3. The summed E-state index contributed by atoms with van der Waals surface area (Å²) in [6, 6.07) is 12.1. The monoisotopic (exact) mass is 362 g/mol. The zero-order valence-corrected chi connectivity index (χ0v) is 14.7. The topological polar surface area (TPSA) is 69.7 Å². The van der Waals surface area contributed by atoms with Crippen molar-refractivity contribution >= 4 is 39.1 Å². The Bertz CT molecular complexity index is 1100. The van der Waals surface area contributed by atoms with Crippen LogP contribution in [0.4, 0.5) is 21.7 Å². The van der Waals surface area contributed by atoms with Gasteiger partial charge < -0.3 is 10.2 Å². The molecule has 1 saturated heterocycles. The fraction of sp³-hybridized carbons (Fsp3) is 0.250. The summed E-state index contributed by atoms with van der Waals surface area (Å²) in [5, 5.41) is 13.7. The number of aromatic nitrogens is 4. The van der Waals surface area contributed by atoms with Crippen LogP contribution >= 0.6 is 0 Å². The Balaban J connectivity index is 1.47. The molecule has 1 fully saturated rings. The highest BCUT2D eigenvalue weighted by Crippen LogP contribution is 2.30. The van der Waals surface area contributed by atoms with Gasteiger partial charge in [-0.1, -0.05) is 0 Å². The molecule has 0 saturated carbocycles. The zero-order chi connectivity index (χ0) is 18.2. The van der Waals surface area contributed by atoms with Gasteiger partial charge in [0.15, 0.2) is 5.65 Å². The first kappa shape index (κ1) is 16.0. The van der Waals surface area contributed by atoms with Gasteiger partial charge in [0, 0.05) is 36.6 Å². The van der Waals surface area contributed by atoms with E-state index in [-0.39, 0.29) is 0 Å². The highest BCUT2D eigenvalue weighted by atomic mass is 19.1. The molecule has 1 aromatic carbocycles. The number of hydrogen-bond acceptors (Lipinski definition) is 5. The fourth-order valence-corrected chi connectivity index (χ4v) is 3.64. The Morgan fingerprint density at radius 2 is 1.93 bits per heavy atom. The minimum absolute atomic E-state index is 0.568. The molecule has 0 atom stereocenters. The lowest BCUT2D eigenvalue weighted by Gasteiger charge is -2.30. The summed E-state index contributed by atoms with van der Waals surface area (Å²) < 4.78 is 13.5. The van der Waals surface area contributed by atoms with E-state index < -0.39 is 6.17 Å². The summed E-state index contributed by atoms with van der Waals surface area (Å²) in [5.74, 6) is 1.75. The summed E-state index contributed by atoms with van der Waals surface area (Å²) in [5.41, 5.74) is 1.64. The Kier molecular flexibility index (Phi) is 3.85. The van der Waals surface area contributed by atoms with Crippen molar-refractivity contribution in [2.45, 2.75) is 19.0 Å². The van der Waals surface area contributed by atoms with Crippen LogP contribution in [0.2, 0.25) is 0 Å². The molecule has 0 spiro atoms. The molecule has 6 nitrogen and oxygen atoms in total. The summed E-state index contributed by atoms with van der Waals surface area (Å²) in [6.07, 6.45) is 3.99. The molecule has 27 heavy (non-hydrogen) atoms. The number of rotatable bonds is 3. The average Bonchev–Trinajstić information content (AvgIpc) is 3.11. The van der Waals surface area contributed by atoms with Crippen molar-refractivity contribution in [2.24, 2.45) is 0 Å². The number of fused-ring (bicyclic) bond motifs is 2. The van der Waals surface area contributed by atoms with Gasteiger partial charge in [0.2, 0.25) is 0 Å². The number of nitrogens with zero attached hydrogens (tertiary/aromatic N) is 4. The molecular formula is C20H19FN6. The summed E-state index contributed by atoms with van der Waals surface area (Å²) >= 11 is 0. The van der Waals surface area contributed by atoms with E-state index in [1.54, 1.807) is 6.20 Å². The second-order valence-corrected chi connectivity index (χ2v) is 6.83. The van der Waals surface area contributed by atoms with E-state index in [0.29, 0.717) is 31.6 Å². The van der Waals surface area contributed by atoms with Gasteiger partial charge in [0.1, 0.15) is 17.8 Å². The normalized spacial score (nSPS) is 15.5. The standard InChI is InChI=1S/C20H19FN6/c21-14-6-10-27(11-7-14)20-16-4-3-15(12-13(16)5-9-23-20)24-19-17-2-1-8-22-18(17)25-26-19/h1-5,8-9,12,14H,6-7,10-11H2,(H2,22,24,25,26). The minimum Gasteiger partial charge on any atom is -0.356 e. The van der Waals surface area contributed by atoms with Crippen molar-refractivity contribution in [3.63, 3.8) is 0 Å². The molecule has 2 N–H and O–H groups in total. The number of hydrogen-bond donors (Lipinski definition) is 2. The van der Waals surface area contributed by atoms with Crippen molar-refractivity contribution in [2.75, 3.05) is 23.3 Å². The molecule has 0 bridgehead atoms. The first-order valence-corrected chi connectivity index (χ1v) is 9.12. The third-order valence-corrected chi connectivity index (χ3v) is 5.07. The molecule has 0 amide bonds. The zero-order valence-electron chi connectivity index (χ0n) is 14.7. The van der Waals surface area contributed by atoms with Gasteiger partial charge >= 0.3 is 0 Å². The van der Waals surface area contributed by atoms with E-state index in [1.165, 1.54) is 0 Å². The van der Waals surface area contributed by atoms with Crippen LogP contribution in [0, 0.1) is 0 Å². The van der Waals surface area contributed by atoms with Crippen molar-refractivity contribution in [3.05, 3.63) is 48.8 Å². The largest absolute Gasteiger partial charge is 0.356 e. The van der Waals surface area contributed by atoms with Crippen molar-refractivity contribution in [3.8, 4) is 0 Å². The fourth-order valence-electron chi connectivity index (χ4n) is 3.64. The lowest BCUT2D eigenvalue weighted by Crippen LogP contribution is -2.35. The van der Waals surface area contributed by atoms with Crippen molar-refractivity contribution in [1.29, 1.82) is 0 Å². The van der Waals surface area contributed by atoms with Crippen LogP contribution in [0.1, 0.15) is 12.8 Å². The minimum atomic E-state index is -0.689. The predicted octanol–water partition coefficient (Wildman–Crippen LogP) is 4.19. The quantitative estimate of drug-likeness (QED) is 0.572. The average molecular weight is 362 g/mol. The van der Waals surface area contributed by atoms with E-state index in [2.05, 4.69) is 42.5 Å². The van der Waals surface area contributed by atoms with Crippen LogP contribution in [0.3, 0.4) is 0 Å². The molecule has 3 aromatic heterocycles. The van der Waals surface area contributed by atoms with Gasteiger partial charge in [0.05, 0.1) is 5.39 Å². The Hall–Kier alpha value is -3.22. The molecule has 0 radical (unpaired) electrons. The van der Waals surface area contributed by atoms with E-state index >= 15 is 0 Å². The third-order valence-electron chi connectivity index (χ3n) is 5.07. The summed E-state index contributed by atoms with van der Waals surface area (Å²) in [4.78, 5) is 11.0. The summed E-state index contributed by atoms with van der Waals surface area (Å²) in [7, 11) is 0. The van der Waals surface area contributed by atoms with E-state index in [1.807, 2.05) is 30.5 Å². The number of nitrogens with one attached hydrogen (secondary N) is 2. The molecule has 7 heteroatoms. The van der Waals surface area contributed by atoms with Gasteiger partial charge in [-0.2, -0.15) is 5.10 Å². The molecule has 4 aromatic rings. The first-order chi connectivity index (χ1) is 13.3. The maximum Gasteiger partial charge on any atom is 0.183 e. The van der Waals surface area contributed by atoms with Gasteiger partial charge in [-0.15, -0.1) is 0 Å². The van der Waals surface area contributed by atoms with Crippen molar-refractivity contribution in [1.82, 2.24) is 20.2 Å². The van der Waals surface area contributed by atoms with E-state index in [4.69, 9.17) is 0 Å². The molecule has 0 unspecified atom stereocenters. The maximum absolute atomic E-state index is 13.5. The van der Waals surface area contributed by atoms with E-state index in [9.17, 15) is 4.39 Å². The highest BCUT2D eigenvalue weighted by Gasteiger charge is 2.20. The molecule has 1 aliphatic rings. The van der Waals surface area contributed by atoms with E-state index in [0.717, 1.165) is 33.5 Å². The number of alkyl halides is 1. The van der Waals surface area contributed by atoms with Crippen LogP contribution in [0.25, 0.3) is 21.8 Å². The number of pyridine rings is 2. The SMILES string of the molecule is FC1CCN(c2nccc3cc(Nc4[nH]nc5ncccc45)ccc23)CC1. The van der Waals surface area contributed by atoms with Crippen LogP contribution in [0.5, 0.6) is 0 Å². The smallest absolute Gasteiger partial charge is 0.183 e. The third kappa shape index (κ3) is 2.95. The Morgan fingerprint density at radius 3 is 2.81 bits per heavy atom. The second kappa shape index (κ2) is 6.50. The van der Waals surface area contributed by atoms with Gasteiger partial charge in [-0.05, 0) is 54.6 Å². The van der Waals surface area contributed by atoms with Gasteiger partial charge in [0.25, 0.3) is 0 Å². The maximum atomic E-state index is 13.5. The number of halogens is 1. The lowest BCUT2D eigenvalue weighted by molar-refractivity contribution is 0.277. The number of aromatic amines is 1. The Morgan fingerprint density at radius 1 is 1.04 bits per heavy atom. The van der Waals surface area contributed by atoms with Gasteiger partial charge in [-0.25, -0.2) is 14.4 Å².